The zero-order chi connectivity index (χ0) is 15.4. The van der Waals surface area contributed by atoms with Crippen molar-refractivity contribution in [1.29, 1.82) is 0 Å². The van der Waals surface area contributed by atoms with Gasteiger partial charge in [-0.05, 0) is 12.8 Å². The summed E-state index contributed by atoms with van der Waals surface area (Å²) in [4.78, 5) is 21.9. The molecular formula is C16H31NO3. The minimum absolute atomic E-state index is 0.121. The Labute approximate surface area is 123 Å². The zero-order valence-corrected chi connectivity index (χ0v) is 13.3. The highest BCUT2D eigenvalue weighted by molar-refractivity contribution is 5.81. The smallest absolute Gasteiger partial charge is 0.303 e. The van der Waals surface area contributed by atoms with Crippen LogP contribution in [0.5, 0.6) is 0 Å². The number of nitrogens with one attached hydrogen (secondary N) is 1. The number of aliphatic carboxylic acids is 1. The van der Waals surface area contributed by atoms with Crippen molar-refractivity contribution >= 4 is 11.9 Å². The number of carboxylic acids is 1. The van der Waals surface area contributed by atoms with E-state index in [1.54, 1.807) is 0 Å². The number of carbonyl (C=O) groups is 2. The topological polar surface area (TPSA) is 66.4 Å². The first-order chi connectivity index (χ1) is 9.34. The van der Waals surface area contributed by atoms with Gasteiger partial charge in [0.1, 0.15) is 0 Å². The quantitative estimate of drug-likeness (QED) is 0.568. The highest BCUT2D eigenvalue weighted by Gasteiger charge is 2.19. The monoisotopic (exact) mass is 285 g/mol. The van der Waals surface area contributed by atoms with Crippen molar-refractivity contribution in [2.75, 3.05) is 6.54 Å². The molecule has 0 unspecified atom stereocenters. The molecular weight excluding hydrogens is 254 g/mol. The van der Waals surface area contributed by atoms with Crippen molar-refractivity contribution in [1.82, 2.24) is 5.32 Å². The molecule has 0 heterocycles. The Bertz CT molecular complexity index is 282. The van der Waals surface area contributed by atoms with E-state index in [4.69, 9.17) is 5.11 Å². The molecule has 0 rings (SSSR count). The molecule has 0 radical (unpaired) electrons. The van der Waals surface area contributed by atoms with E-state index in [0.29, 0.717) is 6.42 Å². The fourth-order valence-corrected chi connectivity index (χ4v) is 1.93. The van der Waals surface area contributed by atoms with E-state index in [-0.39, 0.29) is 11.3 Å². The first-order valence-electron chi connectivity index (χ1n) is 7.84. The van der Waals surface area contributed by atoms with E-state index in [1.807, 2.05) is 20.8 Å². The number of unbranched alkanes of at least 4 members (excludes halogenated alkanes) is 7. The van der Waals surface area contributed by atoms with E-state index in [1.165, 1.54) is 19.3 Å². The van der Waals surface area contributed by atoms with Gasteiger partial charge in [-0.25, -0.2) is 0 Å². The minimum Gasteiger partial charge on any atom is -0.481 e. The molecule has 0 aromatic rings. The van der Waals surface area contributed by atoms with Gasteiger partial charge in [0.15, 0.2) is 0 Å². The Balaban J connectivity index is 3.21. The first kappa shape index (κ1) is 18.9. The van der Waals surface area contributed by atoms with E-state index in [9.17, 15) is 9.59 Å². The fraction of sp³-hybridized carbons (Fsp3) is 0.875. The second kappa shape index (κ2) is 10.7. The maximum atomic E-state index is 11.6. The zero-order valence-electron chi connectivity index (χ0n) is 13.3. The lowest BCUT2D eigenvalue weighted by Crippen LogP contribution is -2.35. The van der Waals surface area contributed by atoms with Gasteiger partial charge in [0.25, 0.3) is 0 Å². The molecule has 0 aliphatic carbocycles. The van der Waals surface area contributed by atoms with Crippen LogP contribution in [0.4, 0.5) is 0 Å². The maximum absolute atomic E-state index is 11.6. The van der Waals surface area contributed by atoms with Gasteiger partial charge in [-0.15, -0.1) is 0 Å². The molecule has 0 bridgehead atoms. The third kappa shape index (κ3) is 12.0. The highest BCUT2D eigenvalue weighted by Crippen LogP contribution is 2.13. The lowest BCUT2D eigenvalue weighted by atomic mass is 9.96. The van der Waals surface area contributed by atoms with Crippen LogP contribution >= 0.6 is 0 Å². The van der Waals surface area contributed by atoms with Gasteiger partial charge in [-0.2, -0.15) is 0 Å². The number of amides is 1. The van der Waals surface area contributed by atoms with Crippen LogP contribution in [-0.4, -0.2) is 23.5 Å². The normalized spacial score (nSPS) is 11.3. The van der Waals surface area contributed by atoms with Crippen molar-refractivity contribution in [2.24, 2.45) is 5.41 Å². The van der Waals surface area contributed by atoms with Gasteiger partial charge < -0.3 is 10.4 Å². The molecule has 1 amide bonds. The predicted octanol–water partition coefficient (Wildman–Crippen LogP) is 3.74. The largest absolute Gasteiger partial charge is 0.481 e. The van der Waals surface area contributed by atoms with Crippen molar-refractivity contribution in [2.45, 2.75) is 78.6 Å². The summed E-state index contributed by atoms with van der Waals surface area (Å²) in [5.41, 5.74) is -0.296. The summed E-state index contributed by atoms with van der Waals surface area (Å²) in [6.07, 6.45) is 9.04. The van der Waals surface area contributed by atoms with Crippen LogP contribution in [0, 0.1) is 5.41 Å². The summed E-state index contributed by atoms with van der Waals surface area (Å²) in [7, 11) is 0. The summed E-state index contributed by atoms with van der Waals surface area (Å²) >= 11 is 0. The Hall–Kier alpha value is -1.06. The third-order valence-electron chi connectivity index (χ3n) is 3.28. The fourth-order valence-electron chi connectivity index (χ4n) is 1.93. The minimum atomic E-state index is -0.692. The Morgan fingerprint density at radius 1 is 0.850 bits per heavy atom. The summed E-state index contributed by atoms with van der Waals surface area (Å²) < 4.78 is 0. The van der Waals surface area contributed by atoms with Crippen LogP contribution in [-0.2, 0) is 9.59 Å². The summed E-state index contributed by atoms with van der Waals surface area (Å²) in [6.45, 7) is 6.54. The van der Waals surface area contributed by atoms with Crippen LogP contribution < -0.4 is 5.32 Å². The summed E-state index contributed by atoms with van der Waals surface area (Å²) in [5, 5.41) is 11.5. The van der Waals surface area contributed by atoms with Crippen LogP contribution in [0.1, 0.15) is 78.6 Å². The molecule has 0 saturated carbocycles. The van der Waals surface area contributed by atoms with Gasteiger partial charge in [0.05, 0.1) is 0 Å². The molecule has 0 aromatic carbocycles. The van der Waals surface area contributed by atoms with Crippen LogP contribution in [0.15, 0.2) is 0 Å². The summed E-state index contributed by atoms with van der Waals surface area (Å²) in [5.74, 6) is -0.571. The van der Waals surface area contributed by atoms with Crippen LogP contribution in [0.25, 0.3) is 0 Å². The van der Waals surface area contributed by atoms with E-state index < -0.39 is 5.97 Å². The number of rotatable bonds is 11. The molecule has 0 aliphatic rings. The van der Waals surface area contributed by atoms with Crippen LogP contribution in [0.3, 0.4) is 0 Å². The molecule has 0 aromatic heterocycles. The van der Waals surface area contributed by atoms with E-state index in [2.05, 4.69) is 5.32 Å². The molecule has 4 heteroatoms. The van der Waals surface area contributed by atoms with Crippen molar-refractivity contribution in [3.05, 3.63) is 0 Å². The molecule has 118 valence electrons. The SMILES string of the molecule is CC(C)(C)C(=O)NCCCCCCCCCCC(=O)O. The van der Waals surface area contributed by atoms with Gasteiger partial charge >= 0.3 is 5.97 Å². The maximum Gasteiger partial charge on any atom is 0.303 e. The first-order valence-corrected chi connectivity index (χ1v) is 7.84. The second-order valence-corrected chi connectivity index (χ2v) is 6.48. The molecule has 0 saturated heterocycles. The molecule has 2 N–H and O–H groups in total. The molecule has 0 atom stereocenters. The number of hydrogen-bond donors (Lipinski definition) is 2. The van der Waals surface area contributed by atoms with Gasteiger partial charge in [-0.3, -0.25) is 9.59 Å². The molecule has 4 nitrogen and oxygen atoms in total. The molecule has 0 fully saturated rings. The Morgan fingerprint density at radius 2 is 1.30 bits per heavy atom. The number of carbonyl (C=O) groups excluding carboxylic acids is 1. The number of carboxylic acid groups (broad SMARTS) is 1. The Morgan fingerprint density at radius 3 is 1.75 bits per heavy atom. The average molecular weight is 285 g/mol. The van der Waals surface area contributed by atoms with Crippen molar-refractivity contribution in [3.63, 3.8) is 0 Å². The van der Waals surface area contributed by atoms with Gasteiger partial charge in [-0.1, -0.05) is 59.3 Å². The molecule has 0 aliphatic heterocycles. The van der Waals surface area contributed by atoms with Gasteiger partial charge in [0, 0.05) is 18.4 Å². The average Bonchev–Trinajstić information content (AvgIpc) is 2.34. The summed E-state index contributed by atoms with van der Waals surface area (Å²) in [6, 6.07) is 0. The lowest BCUT2D eigenvalue weighted by molar-refractivity contribution is -0.137. The van der Waals surface area contributed by atoms with Crippen molar-refractivity contribution in [3.8, 4) is 0 Å². The van der Waals surface area contributed by atoms with Gasteiger partial charge in [0.2, 0.25) is 5.91 Å². The predicted molar refractivity (Wildman–Crippen MR) is 81.7 cm³/mol. The van der Waals surface area contributed by atoms with Crippen LogP contribution in [0.2, 0.25) is 0 Å². The third-order valence-corrected chi connectivity index (χ3v) is 3.28. The second-order valence-electron chi connectivity index (χ2n) is 6.48. The van der Waals surface area contributed by atoms with E-state index >= 15 is 0 Å². The standard InChI is InChI=1S/C16H31NO3/c1-16(2,3)15(20)17-13-11-9-7-5-4-6-8-10-12-14(18)19/h4-13H2,1-3H3,(H,17,20)(H,18,19). The lowest BCUT2D eigenvalue weighted by Gasteiger charge is -2.17. The molecule has 20 heavy (non-hydrogen) atoms. The van der Waals surface area contributed by atoms with E-state index in [0.717, 1.165) is 38.6 Å². The Kier molecular flexibility index (Phi) is 10.1. The highest BCUT2D eigenvalue weighted by atomic mass is 16.4. The molecule has 0 spiro atoms. The number of hydrogen-bond acceptors (Lipinski definition) is 2. The van der Waals surface area contributed by atoms with Crippen molar-refractivity contribution < 1.29 is 14.7 Å².